The van der Waals surface area contributed by atoms with Crippen LogP contribution in [0.5, 0.6) is 0 Å². The zero-order valence-electron chi connectivity index (χ0n) is 17.9. The number of anilines is 1. The standard InChI is InChI=1S/C20H25N7O7/c21-20-25-16-15(18(32)26-20)27(9-28)12(8-23-16)7-22-11-3-1-10(2-4-11)17(31)24-13(19(33)34)5-6-14(29)30/h1-4,9,12-13,15-16,22-23H,5-8H2,(H,24,31)(H,29,30)(H,33,34)(H3,21,25,26,32)/t12-,13+,15-,16-/m1/s1. The highest BCUT2D eigenvalue weighted by Gasteiger charge is 2.43. The van der Waals surface area contributed by atoms with Crippen molar-refractivity contribution in [3.8, 4) is 0 Å². The Morgan fingerprint density at radius 1 is 1.26 bits per heavy atom. The van der Waals surface area contributed by atoms with Crippen LogP contribution in [0.1, 0.15) is 23.2 Å². The van der Waals surface area contributed by atoms with Crippen LogP contribution in [0.3, 0.4) is 0 Å². The number of guanidine groups is 1. The topological polar surface area (TPSA) is 216 Å². The summed E-state index contributed by atoms with van der Waals surface area (Å²) in [7, 11) is 0. The molecule has 2 aliphatic rings. The van der Waals surface area contributed by atoms with Crippen molar-refractivity contribution in [2.24, 2.45) is 10.7 Å². The van der Waals surface area contributed by atoms with E-state index in [4.69, 9.17) is 10.8 Å². The minimum atomic E-state index is -1.32. The number of hydrogen-bond donors (Lipinski definition) is 7. The second kappa shape index (κ2) is 10.6. The van der Waals surface area contributed by atoms with Gasteiger partial charge in [0.15, 0.2) is 5.96 Å². The molecule has 3 amide bonds. The molecule has 0 aliphatic carbocycles. The molecule has 2 aliphatic heterocycles. The first-order valence-corrected chi connectivity index (χ1v) is 10.4. The molecule has 3 rings (SSSR count). The number of nitrogens with one attached hydrogen (secondary N) is 4. The van der Waals surface area contributed by atoms with Crippen molar-refractivity contribution < 1.29 is 34.2 Å². The van der Waals surface area contributed by atoms with E-state index in [1.807, 2.05) is 0 Å². The Bertz CT molecular complexity index is 997. The Hall–Kier alpha value is -4.20. The first-order valence-electron chi connectivity index (χ1n) is 10.4. The number of amides is 3. The summed E-state index contributed by atoms with van der Waals surface area (Å²) in [6.45, 7) is 0.660. The van der Waals surface area contributed by atoms with Crippen LogP contribution in [-0.4, -0.2) is 88.6 Å². The Kier molecular flexibility index (Phi) is 7.63. The van der Waals surface area contributed by atoms with Crippen molar-refractivity contribution in [1.82, 2.24) is 20.9 Å². The second-order valence-corrected chi connectivity index (χ2v) is 7.76. The molecule has 4 atom stereocenters. The number of benzene rings is 1. The molecule has 34 heavy (non-hydrogen) atoms. The molecule has 0 saturated carbocycles. The number of fused-ring (bicyclic) bond motifs is 1. The Balaban J connectivity index is 1.58. The number of carbonyl (C=O) groups excluding carboxylic acids is 3. The van der Waals surface area contributed by atoms with Gasteiger partial charge in [-0.2, -0.15) is 0 Å². The van der Waals surface area contributed by atoms with E-state index in [9.17, 15) is 29.1 Å². The molecule has 0 spiro atoms. The van der Waals surface area contributed by atoms with Crippen molar-refractivity contribution in [3.63, 3.8) is 0 Å². The van der Waals surface area contributed by atoms with Gasteiger partial charge in [-0.05, 0) is 30.7 Å². The summed E-state index contributed by atoms with van der Waals surface area (Å²) >= 11 is 0. The number of nitrogens with zero attached hydrogens (tertiary/aromatic N) is 2. The number of piperazine rings is 1. The molecule has 8 N–H and O–H groups in total. The SMILES string of the molecule is NC1=N[C@H]2NC[C@@H](CNc3ccc(C(=O)N[C@@H](CCC(=O)O)C(=O)O)cc3)N(C=O)[C@H]2C(=O)N1. The van der Waals surface area contributed by atoms with Crippen LogP contribution in [0, 0.1) is 0 Å². The van der Waals surface area contributed by atoms with E-state index in [0.717, 1.165) is 0 Å². The lowest BCUT2D eigenvalue weighted by Gasteiger charge is -2.44. The van der Waals surface area contributed by atoms with Crippen LogP contribution in [0.25, 0.3) is 0 Å². The van der Waals surface area contributed by atoms with E-state index < -0.39 is 48.4 Å². The third kappa shape index (κ3) is 5.78. The van der Waals surface area contributed by atoms with Gasteiger partial charge in [0, 0.05) is 30.8 Å². The third-order valence-corrected chi connectivity index (χ3v) is 5.46. The van der Waals surface area contributed by atoms with Gasteiger partial charge in [0.05, 0.1) is 6.04 Å². The summed E-state index contributed by atoms with van der Waals surface area (Å²) in [6, 6.07) is 3.64. The summed E-state index contributed by atoms with van der Waals surface area (Å²) in [5.74, 6) is -3.58. The fourth-order valence-electron chi connectivity index (χ4n) is 3.71. The van der Waals surface area contributed by atoms with Crippen LogP contribution < -0.4 is 27.0 Å². The van der Waals surface area contributed by atoms with Crippen molar-refractivity contribution in [1.29, 1.82) is 0 Å². The summed E-state index contributed by atoms with van der Waals surface area (Å²) in [6.07, 6.45) is -0.663. The van der Waals surface area contributed by atoms with E-state index in [1.54, 1.807) is 12.1 Å². The van der Waals surface area contributed by atoms with Crippen molar-refractivity contribution in [2.75, 3.05) is 18.4 Å². The van der Waals surface area contributed by atoms with Crippen LogP contribution in [0.4, 0.5) is 5.69 Å². The fourth-order valence-corrected chi connectivity index (χ4v) is 3.71. The van der Waals surface area contributed by atoms with Gasteiger partial charge >= 0.3 is 11.9 Å². The van der Waals surface area contributed by atoms with Gasteiger partial charge in [0.1, 0.15) is 18.2 Å². The highest BCUT2D eigenvalue weighted by atomic mass is 16.4. The zero-order chi connectivity index (χ0) is 24.8. The lowest BCUT2D eigenvalue weighted by atomic mass is 10.0. The predicted molar refractivity (Wildman–Crippen MR) is 118 cm³/mol. The van der Waals surface area contributed by atoms with Crippen LogP contribution in [0.15, 0.2) is 29.3 Å². The number of aliphatic imine (C=N–C) groups is 1. The first-order chi connectivity index (χ1) is 16.2. The molecular weight excluding hydrogens is 450 g/mol. The number of hydrogen-bond acceptors (Lipinski definition) is 9. The van der Waals surface area contributed by atoms with Gasteiger partial charge in [-0.25, -0.2) is 9.79 Å². The van der Waals surface area contributed by atoms with Gasteiger partial charge < -0.3 is 31.5 Å². The molecule has 1 saturated heterocycles. The van der Waals surface area contributed by atoms with Crippen molar-refractivity contribution >= 4 is 41.8 Å². The first kappa shape index (κ1) is 24.4. The van der Waals surface area contributed by atoms with E-state index in [1.165, 1.54) is 17.0 Å². The number of carbonyl (C=O) groups is 5. The molecule has 14 heteroatoms. The highest BCUT2D eigenvalue weighted by molar-refractivity contribution is 6.02. The van der Waals surface area contributed by atoms with E-state index in [2.05, 4.69) is 26.3 Å². The fraction of sp³-hybridized carbons (Fsp3) is 0.400. The van der Waals surface area contributed by atoms with Crippen LogP contribution in [-0.2, 0) is 19.2 Å². The lowest BCUT2D eigenvalue weighted by Crippen LogP contribution is -2.70. The minimum Gasteiger partial charge on any atom is -0.481 e. The van der Waals surface area contributed by atoms with Crippen molar-refractivity contribution in [2.45, 2.75) is 37.1 Å². The average Bonchev–Trinajstić information content (AvgIpc) is 2.79. The van der Waals surface area contributed by atoms with Gasteiger partial charge in [-0.15, -0.1) is 0 Å². The number of carboxylic acids is 2. The monoisotopic (exact) mass is 475 g/mol. The lowest BCUT2D eigenvalue weighted by molar-refractivity contribution is -0.140. The molecule has 0 unspecified atom stereocenters. The normalized spacial score (nSPS) is 22.5. The Labute approximate surface area is 193 Å². The van der Waals surface area contributed by atoms with Gasteiger partial charge in [0.25, 0.3) is 11.8 Å². The second-order valence-electron chi connectivity index (χ2n) is 7.76. The molecule has 0 bridgehead atoms. The van der Waals surface area contributed by atoms with Gasteiger partial charge in [-0.3, -0.25) is 29.8 Å². The summed E-state index contributed by atoms with van der Waals surface area (Å²) < 4.78 is 0. The summed E-state index contributed by atoms with van der Waals surface area (Å²) in [4.78, 5) is 63.7. The number of carboxylic acid groups (broad SMARTS) is 2. The maximum atomic E-state index is 12.3. The molecular formula is C20H25N7O7. The van der Waals surface area contributed by atoms with Crippen LogP contribution >= 0.6 is 0 Å². The maximum Gasteiger partial charge on any atom is 0.326 e. The quantitative estimate of drug-likeness (QED) is 0.180. The number of rotatable bonds is 10. The molecule has 2 heterocycles. The molecule has 1 fully saturated rings. The Morgan fingerprint density at radius 3 is 2.59 bits per heavy atom. The van der Waals surface area contributed by atoms with E-state index in [0.29, 0.717) is 25.2 Å². The molecule has 0 radical (unpaired) electrons. The number of aliphatic carboxylic acids is 2. The van der Waals surface area contributed by atoms with Crippen molar-refractivity contribution in [3.05, 3.63) is 29.8 Å². The minimum absolute atomic E-state index is 0.0122. The smallest absolute Gasteiger partial charge is 0.326 e. The number of nitrogens with two attached hydrogens (primary N) is 1. The third-order valence-electron chi connectivity index (χ3n) is 5.46. The highest BCUT2D eigenvalue weighted by Crippen LogP contribution is 2.18. The molecule has 1 aromatic rings. The summed E-state index contributed by atoms with van der Waals surface area (Å²) in [5, 5.41) is 28.8. The van der Waals surface area contributed by atoms with E-state index in [-0.39, 0.29) is 24.0 Å². The van der Waals surface area contributed by atoms with Crippen LogP contribution in [0.2, 0.25) is 0 Å². The van der Waals surface area contributed by atoms with Gasteiger partial charge in [0.2, 0.25) is 6.41 Å². The average molecular weight is 475 g/mol. The molecule has 14 nitrogen and oxygen atoms in total. The zero-order valence-corrected chi connectivity index (χ0v) is 17.9. The predicted octanol–water partition coefficient (Wildman–Crippen LogP) is -2.28. The maximum absolute atomic E-state index is 12.3. The molecule has 1 aromatic carbocycles. The molecule has 182 valence electrons. The molecule has 0 aromatic heterocycles. The van der Waals surface area contributed by atoms with Gasteiger partial charge in [-0.1, -0.05) is 0 Å². The largest absolute Gasteiger partial charge is 0.481 e. The van der Waals surface area contributed by atoms with E-state index >= 15 is 0 Å². The summed E-state index contributed by atoms with van der Waals surface area (Å²) in [5.41, 5.74) is 6.39. The Morgan fingerprint density at radius 2 is 1.97 bits per heavy atom.